The number of aliphatic carboxylic acids is 1. The Bertz CT molecular complexity index is 564. The van der Waals surface area contributed by atoms with Crippen molar-refractivity contribution in [2.75, 3.05) is 0 Å². The minimum Gasteiger partial charge on any atom is -0.478 e. The Kier molecular flexibility index (Phi) is 3.71. The van der Waals surface area contributed by atoms with Crippen LogP contribution in [0.1, 0.15) is 5.56 Å². The van der Waals surface area contributed by atoms with Gasteiger partial charge in [-0.1, -0.05) is 12.1 Å². The Labute approximate surface area is 104 Å². The molecule has 90 valence electrons. The summed E-state index contributed by atoms with van der Waals surface area (Å²) in [5.41, 5.74) is 0.763. The molecule has 4 heteroatoms. The Hall–Kier alpha value is -2.62. The lowest BCUT2D eigenvalue weighted by atomic mass is 10.2. The zero-order valence-corrected chi connectivity index (χ0v) is 9.48. The van der Waals surface area contributed by atoms with Gasteiger partial charge in [-0.25, -0.2) is 4.79 Å². The highest BCUT2D eigenvalue weighted by Gasteiger charge is 1.97. The monoisotopic (exact) mass is 241 g/mol. The molecule has 0 bridgehead atoms. The first-order valence-electron chi connectivity index (χ1n) is 5.33. The summed E-state index contributed by atoms with van der Waals surface area (Å²) < 4.78 is 5.58. The van der Waals surface area contributed by atoms with Crippen molar-refractivity contribution in [3.05, 3.63) is 60.4 Å². The third kappa shape index (κ3) is 3.45. The molecule has 0 saturated heterocycles. The summed E-state index contributed by atoms with van der Waals surface area (Å²) in [6, 6.07) is 10.7. The van der Waals surface area contributed by atoms with E-state index in [4.69, 9.17) is 9.84 Å². The highest BCUT2D eigenvalue weighted by molar-refractivity contribution is 5.85. The number of rotatable bonds is 4. The van der Waals surface area contributed by atoms with Gasteiger partial charge in [-0.3, -0.25) is 4.98 Å². The number of hydrogen-bond donors (Lipinski definition) is 1. The summed E-state index contributed by atoms with van der Waals surface area (Å²) in [5.74, 6) is 0.293. The molecule has 2 rings (SSSR count). The Morgan fingerprint density at radius 1 is 1.22 bits per heavy atom. The maximum Gasteiger partial charge on any atom is 0.328 e. The quantitative estimate of drug-likeness (QED) is 0.836. The number of ether oxygens (including phenoxy) is 1. The topological polar surface area (TPSA) is 59.4 Å². The maximum absolute atomic E-state index is 10.4. The van der Waals surface area contributed by atoms with Crippen molar-refractivity contribution in [1.82, 2.24) is 4.98 Å². The Morgan fingerprint density at radius 2 is 2.06 bits per heavy atom. The second-order valence-electron chi connectivity index (χ2n) is 3.53. The first-order valence-corrected chi connectivity index (χ1v) is 5.33. The van der Waals surface area contributed by atoms with Crippen molar-refractivity contribution in [2.24, 2.45) is 0 Å². The third-order valence-corrected chi connectivity index (χ3v) is 2.15. The highest BCUT2D eigenvalue weighted by atomic mass is 16.5. The van der Waals surface area contributed by atoms with Crippen LogP contribution in [-0.4, -0.2) is 16.1 Å². The number of benzene rings is 1. The van der Waals surface area contributed by atoms with E-state index in [0.717, 1.165) is 11.6 Å². The normalized spacial score (nSPS) is 10.4. The zero-order valence-electron chi connectivity index (χ0n) is 9.48. The van der Waals surface area contributed by atoms with Crippen LogP contribution in [0.4, 0.5) is 0 Å². The van der Waals surface area contributed by atoms with Crippen LogP contribution < -0.4 is 4.74 Å². The second-order valence-corrected chi connectivity index (χ2v) is 3.53. The largest absolute Gasteiger partial charge is 0.478 e. The van der Waals surface area contributed by atoms with Gasteiger partial charge in [0.25, 0.3) is 0 Å². The van der Waals surface area contributed by atoms with Gasteiger partial charge in [0, 0.05) is 12.3 Å². The molecule has 4 nitrogen and oxygen atoms in total. The molecule has 0 spiro atoms. The molecular formula is C14H11NO3. The van der Waals surface area contributed by atoms with Crippen LogP contribution >= 0.6 is 0 Å². The van der Waals surface area contributed by atoms with Crippen molar-refractivity contribution in [1.29, 1.82) is 0 Å². The van der Waals surface area contributed by atoms with Crippen LogP contribution in [-0.2, 0) is 4.79 Å². The van der Waals surface area contributed by atoms with E-state index in [2.05, 4.69) is 4.98 Å². The molecule has 1 aromatic carbocycles. The van der Waals surface area contributed by atoms with E-state index in [1.165, 1.54) is 6.08 Å². The lowest BCUT2D eigenvalue weighted by molar-refractivity contribution is -0.131. The molecule has 0 aliphatic carbocycles. The second kappa shape index (κ2) is 5.63. The predicted molar refractivity (Wildman–Crippen MR) is 67.4 cm³/mol. The van der Waals surface area contributed by atoms with Crippen molar-refractivity contribution in [3.63, 3.8) is 0 Å². The van der Waals surface area contributed by atoms with Gasteiger partial charge in [-0.15, -0.1) is 0 Å². The van der Waals surface area contributed by atoms with Gasteiger partial charge < -0.3 is 9.84 Å². The average Bonchev–Trinajstić information content (AvgIpc) is 2.38. The zero-order chi connectivity index (χ0) is 12.8. The number of carboxylic acids is 1. The molecule has 1 heterocycles. The summed E-state index contributed by atoms with van der Waals surface area (Å²) in [7, 11) is 0. The first-order chi connectivity index (χ1) is 8.74. The van der Waals surface area contributed by atoms with E-state index >= 15 is 0 Å². The molecule has 0 unspecified atom stereocenters. The molecule has 0 saturated carbocycles. The van der Waals surface area contributed by atoms with Crippen LogP contribution in [0.2, 0.25) is 0 Å². The number of carboxylic acid groups (broad SMARTS) is 1. The van der Waals surface area contributed by atoms with E-state index in [9.17, 15) is 4.79 Å². The van der Waals surface area contributed by atoms with Gasteiger partial charge in [0.1, 0.15) is 11.5 Å². The predicted octanol–water partition coefficient (Wildman–Crippen LogP) is 2.97. The summed E-state index contributed by atoms with van der Waals surface area (Å²) in [6.45, 7) is 0. The number of aromatic nitrogens is 1. The van der Waals surface area contributed by atoms with E-state index in [1.54, 1.807) is 48.8 Å². The molecule has 1 aromatic heterocycles. The highest BCUT2D eigenvalue weighted by Crippen LogP contribution is 2.21. The van der Waals surface area contributed by atoms with Gasteiger partial charge >= 0.3 is 5.97 Å². The van der Waals surface area contributed by atoms with Crippen LogP contribution in [0.15, 0.2) is 54.9 Å². The molecule has 0 radical (unpaired) electrons. The van der Waals surface area contributed by atoms with Crippen LogP contribution in [0.5, 0.6) is 11.5 Å². The molecular weight excluding hydrogens is 230 g/mol. The van der Waals surface area contributed by atoms with Crippen molar-refractivity contribution in [2.45, 2.75) is 0 Å². The fourth-order valence-electron chi connectivity index (χ4n) is 1.39. The molecule has 1 N–H and O–H groups in total. The number of pyridine rings is 1. The lowest BCUT2D eigenvalue weighted by Crippen LogP contribution is -1.87. The summed E-state index contributed by atoms with van der Waals surface area (Å²) in [4.78, 5) is 14.4. The van der Waals surface area contributed by atoms with Crippen LogP contribution in [0.25, 0.3) is 6.08 Å². The number of nitrogens with zero attached hydrogens (tertiary/aromatic N) is 1. The minimum atomic E-state index is -0.978. The summed E-state index contributed by atoms with van der Waals surface area (Å²) in [5, 5.41) is 8.55. The molecule has 2 aromatic rings. The van der Waals surface area contributed by atoms with Gasteiger partial charge in [-0.2, -0.15) is 0 Å². The smallest absolute Gasteiger partial charge is 0.328 e. The first kappa shape index (κ1) is 11.9. The molecule has 0 aliphatic rings. The van der Waals surface area contributed by atoms with Gasteiger partial charge in [0.15, 0.2) is 0 Å². The van der Waals surface area contributed by atoms with Gasteiger partial charge in [0.2, 0.25) is 0 Å². The van der Waals surface area contributed by atoms with Crippen LogP contribution in [0.3, 0.4) is 0 Å². The Balaban J connectivity index is 2.15. The number of carbonyl (C=O) groups is 1. The minimum absolute atomic E-state index is 0.635. The summed E-state index contributed by atoms with van der Waals surface area (Å²) >= 11 is 0. The standard InChI is InChI=1S/C14H11NO3/c16-14(17)7-6-11-3-1-4-12(9-11)18-13-5-2-8-15-10-13/h1-10H,(H,16,17). The lowest BCUT2D eigenvalue weighted by Gasteiger charge is -2.05. The molecule has 0 atom stereocenters. The van der Waals surface area contributed by atoms with E-state index < -0.39 is 5.97 Å². The average molecular weight is 241 g/mol. The fourth-order valence-corrected chi connectivity index (χ4v) is 1.39. The maximum atomic E-state index is 10.4. The van der Waals surface area contributed by atoms with Crippen molar-refractivity contribution >= 4 is 12.0 Å². The van der Waals surface area contributed by atoms with E-state index in [1.807, 2.05) is 0 Å². The number of hydrogen-bond acceptors (Lipinski definition) is 3. The van der Waals surface area contributed by atoms with E-state index in [-0.39, 0.29) is 0 Å². The Morgan fingerprint density at radius 3 is 2.78 bits per heavy atom. The van der Waals surface area contributed by atoms with Crippen LogP contribution in [0, 0.1) is 0 Å². The third-order valence-electron chi connectivity index (χ3n) is 2.15. The van der Waals surface area contributed by atoms with Gasteiger partial charge in [-0.05, 0) is 35.9 Å². The summed E-state index contributed by atoms with van der Waals surface area (Å²) in [6.07, 6.45) is 5.88. The molecule has 0 amide bonds. The van der Waals surface area contributed by atoms with Crippen molar-refractivity contribution in [3.8, 4) is 11.5 Å². The molecule has 0 fully saturated rings. The van der Waals surface area contributed by atoms with Gasteiger partial charge in [0.05, 0.1) is 6.20 Å². The SMILES string of the molecule is O=C(O)C=Cc1cccc(Oc2cccnc2)c1. The fraction of sp³-hybridized carbons (Fsp3) is 0. The van der Waals surface area contributed by atoms with E-state index in [0.29, 0.717) is 11.5 Å². The molecule has 0 aliphatic heterocycles. The molecule has 18 heavy (non-hydrogen) atoms. The van der Waals surface area contributed by atoms with Crippen molar-refractivity contribution < 1.29 is 14.6 Å².